The molecule has 5 nitrogen and oxygen atoms in total. The molecule has 2 aliphatic rings. The van der Waals surface area contributed by atoms with Crippen molar-refractivity contribution in [1.82, 2.24) is 9.80 Å². The minimum absolute atomic E-state index is 0.0820. The maximum atomic E-state index is 12.7. The normalized spacial score (nSPS) is 26.2. The van der Waals surface area contributed by atoms with Gasteiger partial charge in [0.25, 0.3) is 5.91 Å². The number of morpholine rings is 1. The lowest BCUT2D eigenvalue weighted by atomic mass is 9.91. The Balaban J connectivity index is 1.72. The van der Waals surface area contributed by atoms with E-state index in [4.69, 9.17) is 9.47 Å². The number of hydrogen-bond donors (Lipinski definition) is 0. The molecule has 3 rings (SSSR count). The number of likely N-dealkylation sites (tertiary alicyclic amines) is 1. The molecule has 2 aliphatic heterocycles. The highest BCUT2D eigenvalue weighted by Crippen LogP contribution is 2.29. The third kappa shape index (κ3) is 3.10. The van der Waals surface area contributed by atoms with Crippen molar-refractivity contribution in [2.45, 2.75) is 18.4 Å². The van der Waals surface area contributed by atoms with Crippen LogP contribution in [0.5, 0.6) is 5.75 Å². The van der Waals surface area contributed by atoms with E-state index in [1.807, 2.05) is 29.2 Å². The van der Waals surface area contributed by atoms with Gasteiger partial charge in [0.05, 0.1) is 25.9 Å². The summed E-state index contributed by atoms with van der Waals surface area (Å²) in [5.74, 6) is 0.849. The molecule has 0 bridgehead atoms. The second-order valence-electron chi connectivity index (χ2n) is 6.33. The second kappa shape index (κ2) is 6.26. The third-order valence-corrected chi connectivity index (χ3v) is 4.60. The van der Waals surface area contributed by atoms with Crippen molar-refractivity contribution in [1.29, 1.82) is 0 Å². The first-order valence-electron chi connectivity index (χ1n) is 7.88. The van der Waals surface area contributed by atoms with Crippen LogP contribution in [0.3, 0.4) is 0 Å². The molecule has 1 amide bonds. The van der Waals surface area contributed by atoms with Crippen LogP contribution in [0.4, 0.5) is 0 Å². The highest BCUT2D eigenvalue weighted by molar-refractivity contribution is 5.94. The summed E-state index contributed by atoms with van der Waals surface area (Å²) in [7, 11) is 3.75. The van der Waals surface area contributed by atoms with Crippen LogP contribution in [0, 0.1) is 0 Å². The summed E-state index contributed by atoms with van der Waals surface area (Å²) in [6.45, 7) is 3.98. The fourth-order valence-corrected chi connectivity index (χ4v) is 3.50. The molecule has 120 valence electrons. The van der Waals surface area contributed by atoms with Crippen LogP contribution in [0.25, 0.3) is 0 Å². The predicted octanol–water partition coefficient (Wildman–Crippen LogP) is 1.63. The zero-order chi connectivity index (χ0) is 15.6. The number of hydrogen-bond acceptors (Lipinski definition) is 4. The highest BCUT2D eigenvalue weighted by atomic mass is 16.5. The molecule has 0 radical (unpaired) electrons. The van der Waals surface area contributed by atoms with Crippen molar-refractivity contribution in [3.63, 3.8) is 0 Å². The average molecular weight is 304 g/mol. The van der Waals surface area contributed by atoms with Crippen molar-refractivity contribution in [2.75, 3.05) is 46.9 Å². The van der Waals surface area contributed by atoms with Gasteiger partial charge in [-0.3, -0.25) is 4.79 Å². The van der Waals surface area contributed by atoms with Crippen LogP contribution in [-0.2, 0) is 4.74 Å². The van der Waals surface area contributed by atoms with Gasteiger partial charge in [0.2, 0.25) is 0 Å². The van der Waals surface area contributed by atoms with Crippen molar-refractivity contribution in [2.24, 2.45) is 0 Å². The van der Waals surface area contributed by atoms with Gasteiger partial charge in [-0.15, -0.1) is 0 Å². The molecule has 5 heteroatoms. The monoisotopic (exact) mass is 304 g/mol. The van der Waals surface area contributed by atoms with E-state index in [2.05, 4.69) is 11.9 Å². The number of ether oxygens (including phenoxy) is 2. The van der Waals surface area contributed by atoms with Crippen LogP contribution >= 0.6 is 0 Å². The molecular weight excluding hydrogens is 280 g/mol. The molecule has 1 unspecified atom stereocenters. The molecule has 0 aliphatic carbocycles. The number of carbonyl (C=O) groups excluding carboxylic acids is 1. The fraction of sp³-hybridized carbons (Fsp3) is 0.588. The largest absolute Gasteiger partial charge is 0.497 e. The van der Waals surface area contributed by atoms with Gasteiger partial charge >= 0.3 is 0 Å². The third-order valence-electron chi connectivity index (χ3n) is 4.60. The average Bonchev–Trinajstić information content (AvgIpc) is 2.54. The second-order valence-corrected chi connectivity index (χ2v) is 6.33. The van der Waals surface area contributed by atoms with E-state index >= 15 is 0 Å². The zero-order valence-electron chi connectivity index (χ0n) is 13.4. The Kier molecular flexibility index (Phi) is 4.36. The number of nitrogens with zero attached hydrogens (tertiary/aromatic N) is 2. The van der Waals surface area contributed by atoms with Gasteiger partial charge in [0.15, 0.2) is 0 Å². The van der Waals surface area contributed by atoms with Gasteiger partial charge in [-0.1, -0.05) is 0 Å². The molecule has 2 heterocycles. The minimum atomic E-state index is -0.187. The van der Waals surface area contributed by atoms with Gasteiger partial charge in [0, 0.05) is 18.7 Å². The Bertz CT molecular complexity index is 527. The molecule has 1 aromatic carbocycles. The van der Waals surface area contributed by atoms with E-state index in [0.29, 0.717) is 25.3 Å². The van der Waals surface area contributed by atoms with E-state index in [0.717, 1.165) is 31.7 Å². The van der Waals surface area contributed by atoms with Crippen LogP contribution in [0.1, 0.15) is 23.2 Å². The smallest absolute Gasteiger partial charge is 0.254 e. The first-order valence-corrected chi connectivity index (χ1v) is 7.88. The summed E-state index contributed by atoms with van der Waals surface area (Å²) in [6, 6.07) is 7.32. The van der Waals surface area contributed by atoms with Gasteiger partial charge < -0.3 is 19.3 Å². The van der Waals surface area contributed by atoms with Crippen molar-refractivity contribution in [3.8, 4) is 5.75 Å². The van der Waals surface area contributed by atoms with E-state index in [1.165, 1.54) is 0 Å². The van der Waals surface area contributed by atoms with Gasteiger partial charge in [-0.05, 0) is 50.7 Å². The summed E-state index contributed by atoms with van der Waals surface area (Å²) in [6.07, 6.45) is 2.16. The molecule has 2 fully saturated rings. The fourth-order valence-electron chi connectivity index (χ4n) is 3.50. The first-order chi connectivity index (χ1) is 10.6. The lowest BCUT2D eigenvalue weighted by Gasteiger charge is -2.47. The number of likely N-dealkylation sites (N-methyl/N-ethyl adjacent to an activating group) is 1. The van der Waals surface area contributed by atoms with E-state index in [-0.39, 0.29) is 11.5 Å². The van der Waals surface area contributed by atoms with Gasteiger partial charge in [-0.25, -0.2) is 0 Å². The summed E-state index contributed by atoms with van der Waals surface area (Å²) in [5, 5.41) is 0. The predicted molar refractivity (Wildman–Crippen MR) is 84.3 cm³/mol. The number of amides is 1. The lowest BCUT2D eigenvalue weighted by Crippen LogP contribution is -2.60. The number of benzene rings is 1. The molecule has 0 saturated carbocycles. The molecule has 1 atom stereocenters. The van der Waals surface area contributed by atoms with Crippen LogP contribution in [0.2, 0.25) is 0 Å². The van der Waals surface area contributed by atoms with Crippen molar-refractivity contribution >= 4 is 5.91 Å². The van der Waals surface area contributed by atoms with Crippen LogP contribution in [0.15, 0.2) is 24.3 Å². The SMILES string of the molecule is COc1ccc(C(=O)N2CCOC3(CCCN(C)C3)C2)cc1. The zero-order valence-corrected chi connectivity index (χ0v) is 13.4. The standard InChI is InChI=1S/C17H24N2O3/c1-18-9-3-8-17(12-18)13-19(10-11-22-17)16(20)14-4-6-15(21-2)7-5-14/h4-7H,3,8-13H2,1-2H3. The maximum absolute atomic E-state index is 12.7. The first kappa shape index (κ1) is 15.3. The van der Waals surface area contributed by atoms with Crippen LogP contribution in [-0.4, -0.2) is 68.3 Å². The summed E-state index contributed by atoms with van der Waals surface area (Å²) < 4.78 is 11.2. The maximum Gasteiger partial charge on any atom is 0.254 e. The summed E-state index contributed by atoms with van der Waals surface area (Å²) >= 11 is 0. The Labute approximate surface area is 131 Å². The molecule has 0 N–H and O–H groups in total. The molecule has 1 spiro atoms. The van der Waals surface area contributed by atoms with E-state index < -0.39 is 0 Å². The molecule has 2 saturated heterocycles. The molecule has 22 heavy (non-hydrogen) atoms. The number of rotatable bonds is 2. The summed E-state index contributed by atoms with van der Waals surface area (Å²) in [5.41, 5.74) is 0.523. The quantitative estimate of drug-likeness (QED) is 0.833. The number of piperidine rings is 1. The van der Waals surface area contributed by atoms with E-state index in [9.17, 15) is 4.79 Å². The topological polar surface area (TPSA) is 42.0 Å². The molecule has 0 aromatic heterocycles. The Hall–Kier alpha value is -1.59. The van der Waals surface area contributed by atoms with Crippen molar-refractivity contribution in [3.05, 3.63) is 29.8 Å². The Morgan fingerprint density at radius 1 is 1.23 bits per heavy atom. The van der Waals surface area contributed by atoms with Crippen LogP contribution < -0.4 is 4.74 Å². The number of carbonyl (C=O) groups is 1. The van der Waals surface area contributed by atoms with E-state index in [1.54, 1.807) is 7.11 Å². The number of methoxy groups -OCH3 is 1. The minimum Gasteiger partial charge on any atom is -0.497 e. The molecular formula is C17H24N2O3. The highest BCUT2D eigenvalue weighted by Gasteiger charge is 2.41. The van der Waals surface area contributed by atoms with Gasteiger partial charge in [-0.2, -0.15) is 0 Å². The Morgan fingerprint density at radius 3 is 2.68 bits per heavy atom. The van der Waals surface area contributed by atoms with Gasteiger partial charge in [0.1, 0.15) is 5.75 Å². The molecule has 1 aromatic rings. The Morgan fingerprint density at radius 2 is 2.00 bits per heavy atom. The lowest BCUT2D eigenvalue weighted by molar-refractivity contribution is -0.128. The van der Waals surface area contributed by atoms with Crippen molar-refractivity contribution < 1.29 is 14.3 Å². The summed E-state index contributed by atoms with van der Waals surface area (Å²) in [4.78, 5) is 17.0.